The van der Waals surface area contributed by atoms with Crippen LogP contribution in [-0.2, 0) is 5.54 Å². The highest BCUT2D eigenvalue weighted by Crippen LogP contribution is 2.40. The van der Waals surface area contributed by atoms with Crippen LogP contribution in [0.3, 0.4) is 0 Å². The van der Waals surface area contributed by atoms with Gasteiger partial charge in [-0.3, -0.25) is 0 Å². The molecular formula is C13H21N3. The molecule has 1 fully saturated rings. The fourth-order valence-electron chi connectivity index (χ4n) is 2.54. The minimum Gasteiger partial charge on any atom is -0.321 e. The molecule has 2 N–H and O–H groups in total. The second kappa shape index (κ2) is 4.13. The highest BCUT2D eigenvalue weighted by molar-refractivity contribution is 5.17. The smallest absolute Gasteiger partial charge is 0.115 e. The van der Waals surface area contributed by atoms with Gasteiger partial charge in [-0.05, 0) is 31.1 Å². The van der Waals surface area contributed by atoms with Crippen LogP contribution in [0.2, 0.25) is 0 Å². The van der Waals surface area contributed by atoms with E-state index >= 15 is 0 Å². The molecule has 1 aromatic heterocycles. The van der Waals surface area contributed by atoms with Crippen molar-refractivity contribution < 1.29 is 0 Å². The predicted octanol–water partition coefficient (Wildman–Crippen LogP) is 2.62. The molecule has 1 atom stereocenters. The Bertz CT molecular complexity index is 347. The van der Waals surface area contributed by atoms with Gasteiger partial charge in [0.05, 0.1) is 0 Å². The molecule has 2 rings (SSSR count). The predicted molar refractivity (Wildman–Crippen MR) is 64.8 cm³/mol. The fourth-order valence-corrected chi connectivity index (χ4v) is 2.54. The summed E-state index contributed by atoms with van der Waals surface area (Å²) in [7, 11) is 0. The summed E-state index contributed by atoms with van der Waals surface area (Å²) in [6.07, 6.45) is 11.0. The van der Waals surface area contributed by atoms with Crippen LogP contribution in [0.15, 0.2) is 18.7 Å². The van der Waals surface area contributed by atoms with Crippen molar-refractivity contribution in [1.29, 1.82) is 0 Å². The third-order valence-corrected chi connectivity index (χ3v) is 3.86. The molecule has 0 amide bonds. The number of nitrogens with two attached hydrogens (primary N) is 1. The van der Waals surface area contributed by atoms with E-state index in [1.54, 1.807) is 6.33 Å². The third-order valence-electron chi connectivity index (χ3n) is 3.86. The molecule has 1 aromatic rings. The Hall–Kier alpha value is -0.960. The van der Waals surface area contributed by atoms with Gasteiger partial charge < -0.3 is 5.73 Å². The molecule has 0 saturated heterocycles. The minimum absolute atomic E-state index is 0.213. The Balaban J connectivity index is 2.20. The van der Waals surface area contributed by atoms with E-state index in [-0.39, 0.29) is 5.54 Å². The molecule has 0 radical (unpaired) electrons. The van der Waals surface area contributed by atoms with Gasteiger partial charge in [0.2, 0.25) is 0 Å². The van der Waals surface area contributed by atoms with Crippen LogP contribution in [0.1, 0.15) is 51.5 Å². The first-order chi connectivity index (χ1) is 7.52. The van der Waals surface area contributed by atoms with E-state index in [9.17, 15) is 0 Å². The van der Waals surface area contributed by atoms with E-state index < -0.39 is 0 Å². The van der Waals surface area contributed by atoms with E-state index in [0.29, 0.717) is 5.41 Å². The molecule has 0 bridgehead atoms. The lowest BCUT2D eigenvalue weighted by Gasteiger charge is -2.29. The molecule has 1 aliphatic rings. The molecule has 1 unspecified atom stereocenters. The lowest BCUT2D eigenvalue weighted by molar-refractivity contribution is 0.299. The summed E-state index contributed by atoms with van der Waals surface area (Å²) >= 11 is 0. The van der Waals surface area contributed by atoms with Crippen LogP contribution < -0.4 is 5.73 Å². The normalized spacial score (nSPS) is 29.7. The Morgan fingerprint density at radius 1 is 1.06 bits per heavy atom. The van der Waals surface area contributed by atoms with Gasteiger partial charge in [-0.15, -0.1) is 0 Å². The Morgan fingerprint density at radius 2 is 1.75 bits per heavy atom. The highest BCUT2D eigenvalue weighted by atomic mass is 14.8. The van der Waals surface area contributed by atoms with Crippen molar-refractivity contribution in [3.8, 4) is 0 Å². The van der Waals surface area contributed by atoms with Crippen LogP contribution in [-0.4, -0.2) is 9.97 Å². The first kappa shape index (κ1) is 11.5. The molecular weight excluding hydrogens is 198 g/mol. The number of rotatable bonds is 1. The van der Waals surface area contributed by atoms with Crippen LogP contribution in [0.25, 0.3) is 0 Å². The lowest BCUT2D eigenvalue weighted by atomic mass is 9.82. The number of aromatic nitrogens is 2. The molecule has 16 heavy (non-hydrogen) atoms. The maximum atomic E-state index is 6.52. The standard InChI is InChI=1S/C13H21N3/c1-12(2)4-3-5-13(14,7-6-12)11-8-15-10-16-9-11/h8-10H,3-7,14H2,1-2H3. The number of hydrogen-bond donors (Lipinski definition) is 1. The molecule has 88 valence electrons. The van der Waals surface area contributed by atoms with E-state index in [0.717, 1.165) is 18.4 Å². The second-order valence-corrected chi connectivity index (χ2v) is 5.80. The highest BCUT2D eigenvalue weighted by Gasteiger charge is 2.34. The van der Waals surface area contributed by atoms with Crippen molar-refractivity contribution in [2.75, 3.05) is 0 Å². The fraction of sp³-hybridized carbons (Fsp3) is 0.692. The maximum absolute atomic E-state index is 6.52. The van der Waals surface area contributed by atoms with Crippen molar-refractivity contribution in [1.82, 2.24) is 9.97 Å². The van der Waals surface area contributed by atoms with Crippen molar-refractivity contribution in [3.63, 3.8) is 0 Å². The molecule has 1 heterocycles. The summed E-state index contributed by atoms with van der Waals surface area (Å²) in [6.45, 7) is 4.67. The molecule has 3 nitrogen and oxygen atoms in total. The van der Waals surface area contributed by atoms with Crippen molar-refractivity contribution >= 4 is 0 Å². The van der Waals surface area contributed by atoms with Crippen molar-refractivity contribution in [2.24, 2.45) is 11.1 Å². The Labute approximate surface area is 97.5 Å². The maximum Gasteiger partial charge on any atom is 0.115 e. The average molecular weight is 219 g/mol. The number of nitrogens with zero attached hydrogens (tertiary/aromatic N) is 2. The van der Waals surface area contributed by atoms with Gasteiger partial charge in [0.25, 0.3) is 0 Å². The van der Waals surface area contributed by atoms with E-state index in [1.807, 2.05) is 12.4 Å². The summed E-state index contributed by atoms with van der Waals surface area (Å²) < 4.78 is 0. The third kappa shape index (κ3) is 2.40. The first-order valence-electron chi connectivity index (χ1n) is 6.06. The van der Waals surface area contributed by atoms with Crippen molar-refractivity contribution in [2.45, 2.75) is 51.5 Å². The molecule has 1 saturated carbocycles. The lowest BCUT2D eigenvalue weighted by Crippen LogP contribution is -2.36. The monoisotopic (exact) mass is 219 g/mol. The topological polar surface area (TPSA) is 51.8 Å². The van der Waals surface area contributed by atoms with E-state index in [4.69, 9.17) is 5.73 Å². The van der Waals surface area contributed by atoms with Gasteiger partial charge in [0, 0.05) is 23.5 Å². The Morgan fingerprint density at radius 3 is 2.44 bits per heavy atom. The molecule has 0 aliphatic heterocycles. The summed E-state index contributed by atoms with van der Waals surface area (Å²) in [5.41, 5.74) is 7.83. The minimum atomic E-state index is -0.213. The number of hydrogen-bond acceptors (Lipinski definition) is 3. The van der Waals surface area contributed by atoms with Crippen LogP contribution in [0, 0.1) is 5.41 Å². The summed E-state index contributed by atoms with van der Waals surface area (Å²) in [5.74, 6) is 0. The SMILES string of the molecule is CC1(C)CCCC(N)(c2cncnc2)CC1. The molecule has 1 aliphatic carbocycles. The molecule has 0 aromatic carbocycles. The van der Waals surface area contributed by atoms with E-state index in [1.165, 1.54) is 19.3 Å². The summed E-state index contributed by atoms with van der Waals surface area (Å²) in [5, 5.41) is 0. The van der Waals surface area contributed by atoms with E-state index in [2.05, 4.69) is 23.8 Å². The molecule has 3 heteroatoms. The van der Waals surface area contributed by atoms with Gasteiger partial charge in [-0.2, -0.15) is 0 Å². The van der Waals surface area contributed by atoms with Gasteiger partial charge in [0.15, 0.2) is 0 Å². The largest absolute Gasteiger partial charge is 0.321 e. The zero-order chi connectivity index (χ0) is 11.6. The zero-order valence-corrected chi connectivity index (χ0v) is 10.2. The van der Waals surface area contributed by atoms with Gasteiger partial charge >= 0.3 is 0 Å². The zero-order valence-electron chi connectivity index (χ0n) is 10.2. The molecule has 0 spiro atoms. The van der Waals surface area contributed by atoms with Crippen molar-refractivity contribution in [3.05, 3.63) is 24.3 Å². The quantitative estimate of drug-likeness (QED) is 0.739. The summed E-state index contributed by atoms with van der Waals surface area (Å²) in [6, 6.07) is 0. The summed E-state index contributed by atoms with van der Waals surface area (Å²) in [4.78, 5) is 8.16. The van der Waals surface area contributed by atoms with Crippen LogP contribution in [0.5, 0.6) is 0 Å². The van der Waals surface area contributed by atoms with Gasteiger partial charge in [-0.25, -0.2) is 9.97 Å². The second-order valence-electron chi connectivity index (χ2n) is 5.80. The van der Waals surface area contributed by atoms with Crippen LogP contribution >= 0.6 is 0 Å². The average Bonchev–Trinajstić information content (AvgIpc) is 2.41. The van der Waals surface area contributed by atoms with Gasteiger partial charge in [0.1, 0.15) is 6.33 Å². The van der Waals surface area contributed by atoms with Gasteiger partial charge in [-0.1, -0.05) is 20.3 Å². The first-order valence-corrected chi connectivity index (χ1v) is 6.06. The Kier molecular flexibility index (Phi) is 2.98. The van der Waals surface area contributed by atoms with Crippen LogP contribution in [0.4, 0.5) is 0 Å².